The predicted molar refractivity (Wildman–Crippen MR) is 61.6 cm³/mol. The van der Waals surface area contributed by atoms with E-state index < -0.39 is 0 Å². The van der Waals surface area contributed by atoms with Gasteiger partial charge in [0.1, 0.15) is 29.2 Å². The van der Waals surface area contributed by atoms with Gasteiger partial charge in [-0.2, -0.15) is 10.5 Å². The number of rotatable bonds is 2. The SMILES string of the molecule is COc1cc(C=C(C#N)C#N)c(O)cc1Br. The maximum atomic E-state index is 9.60. The molecule has 1 aromatic carbocycles. The Balaban J connectivity index is 3.32. The van der Waals surface area contributed by atoms with Crippen molar-refractivity contribution in [1.29, 1.82) is 10.5 Å². The largest absolute Gasteiger partial charge is 0.507 e. The van der Waals surface area contributed by atoms with E-state index in [-0.39, 0.29) is 11.3 Å². The number of aromatic hydroxyl groups is 1. The van der Waals surface area contributed by atoms with E-state index in [9.17, 15) is 5.11 Å². The summed E-state index contributed by atoms with van der Waals surface area (Å²) in [4.78, 5) is 0. The Morgan fingerprint density at radius 3 is 2.56 bits per heavy atom. The lowest BCUT2D eigenvalue weighted by Crippen LogP contribution is -1.86. The van der Waals surface area contributed by atoms with Gasteiger partial charge < -0.3 is 9.84 Å². The smallest absolute Gasteiger partial charge is 0.133 e. The topological polar surface area (TPSA) is 77.0 Å². The van der Waals surface area contributed by atoms with Gasteiger partial charge in [0.2, 0.25) is 0 Å². The highest BCUT2D eigenvalue weighted by atomic mass is 79.9. The first-order valence-corrected chi connectivity index (χ1v) is 5.00. The van der Waals surface area contributed by atoms with Gasteiger partial charge in [-0.05, 0) is 34.1 Å². The number of hydrogen-bond donors (Lipinski definition) is 1. The average molecular weight is 279 g/mol. The molecule has 0 saturated carbocycles. The molecule has 0 aliphatic carbocycles. The fourth-order valence-corrected chi connectivity index (χ4v) is 1.57. The van der Waals surface area contributed by atoms with Gasteiger partial charge in [0, 0.05) is 5.56 Å². The van der Waals surface area contributed by atoms with Crippen molar-refractivity contribution >= 4 is 22.0 Å². The van der Waals surface area contributed by atoms with Gasteiger partial charge in [-0.3, -0.25) is 0 Å². The lowest BCUT2D eigenvalue weighted by molar-refractivity contribution is 0.409. The van der Waals surface area contributed by atoms with Crippen LogP contribution < -0.4 is 4.74 Å². The van der Waals surface area contributed by atoms with Crippen LogP contribution in [0.25, 0.3) is 6.08 Å². The van der Waals surface area contributed by atoms with Crippen molar-refractivity contribution in [3.8, 4) is 23.6 Å². The summed E-state index contributed by atoms with van der Waals surface area (Å²) in [7, 11) is 1.49. The number of ether oxygens (including phenoxy) is 1. The Kier molecular flexibility index (Phi) is 3.93. The van der Waals surface area contributed by atoms with E-state index in [0.717, 1.165) is 0 Å². The number of methoxy groups -OCH3 is 1. The monoisotopic (exact) mass is 278 g/mol. The Labute approximate surface area is 101 Å². The second kappa shape index (κ2) is 5.20. The summed E-state index contributed by atoms with van der Waals surface area (Å²) >= 11 is 3.21. The van der Waals surface area contributed by atoms with Gasteiger partial charge in [-0.1, -0.05) is 0 Å². The van der Waals surface area contributed by atoms with Gasteiger partial charge >= 0.3 is 0 Å². The summed E-state index contributed by atoms with van der Waals surface area (Å²) in [6, 6.07) is 6.41. The molecule has 0 amide bonds. The van der Waals surface area contributed by atoms with Gasteiger partial charge in [0.25, 0.3) is 0 Å². The zero-order valence-corrected chi connectivity index (χ0v) is 9.95. The Morgan fingerprint density at radius 1 is 1.44 bits per heavy atom. The van der Waals surface area contributed by atoms with Crippen LogP contribution in [0, 0.1) is 22.7 Å². The molecule has 0 unspecified atom stereocenters. The van der Waals surface area contributed by atoms with Crippen molar-refractivity contribution in [2.75, 3.05) is 7.11 Å². The van der Waals surface area contributed by atoms with Gasteiger partial charge in [0.05, 0.1) is 11.6 Å². The quantitative estimate of drug-likeness (QED) is 0.844. The maximum Gasteiger partial charge on any atom is 0.133 e. The molecule has 0 radical (unpaired) electrons. The number of nitriles is 2. The van der Waals surface area contributed by atoms with E-state index in [1.165, 1.54) is 25.3 Å². The minimum atomic E-state index is -0.0836. The predicted octanol–water partition coefficient (Wildman–Crippen LogP) is 2.59. The van der Waals surface area contributed by atoms with E-state index >= 15 is 0 Å². The first kappa shape index (κ1) is 12.1. The Bertz CT molecular complexity index is 508. The summed E-state index contributed by atoms with van der Waals surface area (Å²) in [6.07, 6.45) is 1.30. The highest BCUT2D eigenvalue weighted by Crippen LogP contribution is 2.33. The van der Waals surface area contributed by atoms with Crippen LogP contribution in [0.2, 0.25) is 0 Å². The van der Waals surface area contributed by atoms with Crippen molar-refractivity contribution in [1.82, 2.24) is 0 Å². The van der Waals surface area contributed by atoms with E-state index in [0.29, 0.717) is 15.8 Å². The number of nitrogens with zero attached hydrogens (tertiary/aromatic N) is 2. The molecule has 16 heavy (non-hydrogen) atoms. The molecule has 0 aliphatic rings. The molecule has 0 atom stereocenters. The fraction of sp³-hybridized carbons (Fsp3) is 0.0909. The van der Waals surface area contributed by atoms with Crippen LogP contribution in [-0.2, 0) is 0 Å². The van der Waals surface area contributed by atoms with Crippen LogP contribution in [-0.4, -0.2) is 12.2 Å². The van der Waals surface area contributed by atoms with Crippen molar-refractivity contribution in [3.05, 3.63) is 27.7 Å². The fourth-order valence-electron chi connectivity index (χ4n) is 1.08. The van der Waals surface area contributed by atoms with Crippen LogP contribution >= 0.6 is 15.9 Å². The molecule has 0 fully saturated rings. The molecule has 1 N–H and O–H groups in total. The maximum absolute atomic E-state index is 9.60. The van der Waals surface area contributed by atoms with Crippen molar-refractivity contribution in [2.24, 2.45) is 0 Å². The highest BCUT2D eigenvalue weighted by molar-refractivity contribution is 9.10. The lowest BCUT2D eigenvalue weighted by Gasteiger charge is -2.06. The standard InChI is InChI=1S/C11H7BrN2O2/c1-16-11-3-8(2-7(5-13)6-14)10(15)4-9(11)12/h2-4,15H,1H3. The normalized spacial score (nSPS) is 8.75. The van der Waals surface area contributed by atoms with Crippen LogP contribution in [0.15, 0.2) is 22.2 Å². The number of phenols is 1. The molecule has 1 rings (SSSR count). The summed E-state index contributed by atoms with van der Waals surface area (Å²) in [5, 5.41) is 26.8. The minimum Gasteiger partial charge on any atom is -0.507 e. The molecule has 0 aromatic heterocycles. The van der Waals surface area contributed by atoms with Gasteiger partial charge in [-0.25, -0.2) is 0 Å². The van der Waals surface area contributed by atoms with E-state index in [2.05, 4.69) is 15.9 Å². The second-order valence-corrected chi connectivity index (χ2v) is 3.68. The van der Waals surface area contributed by atoms with Crippen molar-refractivity contribution in [2.45, 2.75) is 0 Å². The van der Waals surface area contributed by atoms with Crippen molar-refractivity contribution in [3.63, 3.8) is 0 Å². The van der Waals surface area contributed by atoms with Crippen molar-refractivity contribution < 1.29 is 9.84 Å². The first-order chi connectivity index (χ1) is 7.62. The zero-order chi connectivity index (χ0) is 12.1. The molecule has 4 nitrogen and oxygen atoms in total. The second-order valence-electron chi connectivity index (χ2n) is 2.83. The molecule has 0 aliphatic heterocycles. The number of hydrogen-bond acceptors (Lipinski definition) is 4. The van der Waals surface area contributed by atoms with Crippen LogP contribution in [0.1, 0.15) is 5.56 Å². The zero-order valence-electron chi connectivity index (χ0n) is 8.36. The minimum absolute atomic E-state index is 0.0318. The number of benzene rings is 1. The molecule has 0 saturated heterocycles. The van der Waals surface area contributed by atoms with E-state index in [1.807, 2.05) is 0 Å². The highest BCUT2D eigenvalue weighted by Gasteiger charge is 2.07. The van der Waals surface area contributed by atoms with Gasteiger partial charge in [-0.15, -0.1) is 0 Å². The molecular formula is C11H7BrN2O2. The summed E-state index contributed by atoms with van der Waals surface area (Å²) < 4.78 is 5.63. The lowest BCUT2D eigenvalue weighted by atomic mass is 10.1. The Morgan fingerprint density at radius 2 is 2.06 bits per heavy atom. The molecule has 0 bridgehead atoms. The first-order valence-electron chi connectivity index (χ1n) is 4.20. The summed E-state index contributed by atoms with van der Waals surface area (Å²) in [5.74, 6) is 0.481. The molecular weight excluding hydrogens is 272 g/mol. The third-order valence-electron chi connectivity index (χ3n) is 1.84. The third kappa shape index (κ3) is 2.53. The molecule has 80 valence electrons. The number of halogens is 1. The summed E-state index contributed by atoms with van der Waals surface area (Å²) in [6.45, 7) is 0. The number of phenolic OH excluding ortho intramolecular Hbond substituents is 1. The molecule has 5 heteroatoms. The van der Waals surface area contributed by atoms with E-state index in [1.54, 1.807) is 12.1 Å². The van der Waals surface area contributed by atoms with E-state index in [4.69, 9.17) is 15.3 Å². The third-order valence-corrected chi connectivity index (χ3v) is 2.46. The molecule has 1 aromatic rings. The average Bonchev–Trinajstić information content (AvgIpc) is 2.28. The van der Waals surface area contributed by atoms with Gasteiger partial charge in [0.15, 0.2) is 0 Å². The van der Waals surface area contributed by atoms with Crippen LogP contribution in [0.4, 0.5) is 0 Å². The molecule has 0 spiro atoms. The van der Waals surface area contributed by atoms with Crippen LogP contribution in [0.3, 0.4) is 0 Å². The van der Waals surface area contributed by atoms with Crippen LogP contribution in [0.5, 0.6) is 11.5 Å². The number of allylic oxidation sites excluding steroid dienone is 1. The summed E-state index contributed by atoms with van der Waals surface area (Å²) in [5.41, 5.74) is 0.276. The molecule has 0 heterocycles. The Hall–Kier alpha value is -1.98.